The SMILES string of the molecule is CC(C)(C)C1=CC[C-]=C1.[CH3-].[CH3-].[Cl-].[Cl-].[Si].[Zr+2].c1ccc2[cH-]ccc2c1. The Bertz CT molecular complexity index is 550. The van der Waals surface area contributed by atoms with E-state index in [0.717, 1.165) is 6.42 Å². The van der Waals surface area contributed by atoms with Gasteiger partial charge in [0.05, 0.1) is 0 Å². The molecule has 2 aromatic carbocycles. The van der Waals surface area contributed by atoms with Crippen molar-refractivity contribution < 1.29 is 51.0 Å². The minimum absolute atomic E-state index is 0. The van der Waals surface area contributed by atoms with Crippen molar-refractivity contribution in [2.24, 2.45) is 5.41 Å². The van der Waals surface area contributed by atoms with Crippen LogP contribution in [0, 0.1) is 26.3 Å². The van der Waals surface area contributed by atoms with E-state index in [1.807, 2.05) is 0 Å². The van der Waals surface area contributed by atoms with E-state index in [1.54, 1.807) is 0 Å². The maximum Gasteiger partial charge on any atom is 2.00 e. The van der Waals surface area contributed by atoms with Gasteiger partial charge in [0.15, 0.2) is 0 Å². The molecule has 0 saturated heterocycles. The molecule has 0 bridgehead atoms. The van der Waals surface area contributed by atoms with Crippen molar-refractivity contribution in [3.8, 4) is 0 Å². The molecule has 2 aromatic rings. The summed E-state index contributed by atoms with van der Waals surface area (Å²) in [5.74, 6) is 0. The van der Waals surface area contributed by atoms with E-state index in [-0.39, 0.29) is 76.8 Å². The van der Waals surface area contributed by atoms with Crippen LogP contribution in [0.25, 0.3) is 10.8 Å². The molecule has 0 aromatic heterocycles. The summed E-state index contributed by atoms with van der Waals surface area (Å²) < 4.78 is 0. The molecular weight excluding hydrogens is 430 g/mol. The Morgan fingerprint density at radius 1 is 1.00 bits per heavy atom. The predicted octanol–water partition coefficient (Wildman–Crippen LogP) is -0.194. The third kappa shape index (κ3) is 10.8. The Morgan fingerprint density at radius 3 is 2.00 bits per heavy atom. The van der Waals surface area contributed by atoms with Gasteiger partial charge in [0.25, 0.3) is 0 Å². The first-order valence-corrected chi connectivity index (χ1v) is 6.45. The van der Waals surface area contributed by atoms with Crippen LogP contribution in [0.4, 0.5) is 0 Å². The van der Waals surface area contributed by atoms with Gasteiger partial charge in [0, 0.05) is 11.0 Å². The van der Waals surface area contributed by atoms with Gasteiger partial charge in [-0.05, 0) is 0 Å². The van der Waals surface area contributed by atoms with E-state index in [4.69, 9.17) is 0 Å². The second-order valence-electron chi connectivity index (χ2n) is 5.62. The molecule has 4 heteroatoms. The molecule has 0 amide bonds. The molecule has 0 N–H and O–H groups in total. The first kappa shape index (κ1) is 35.2. The maximum atomic E-state index is 3.16. The fourth-order valence-electron chi connectivity index (χ4n) is 1.99. The number of fused-ring (bicyclic) bond motifs is 1. The van der Waals surface area contributed by atoms with E-state index in [1.165, 1.54) is 16.3 Å². The molecule has 1 aliphatic rings. The van der Waals surface area contributed by atoms with Gasteiger partial charge in [0.2, 0.25) is 0 Å². The molecule has 0 nitrogen and oxygen atoms in total. The van der Waals surface area contributed by atoms with Crippen LogP contribution in [0.15, 0.2) is 60.2 Å². The molecule has 24 heavy (non-hydrogen) atoms. The van der Waals surface area contributed by atoms with Crippen molar-refractivity contribution >= 4 is 21.7 Å². The Labute approximate surface area is 185 Å². The quantitative estimate of drug-likeness (QED) is 0.381. The molecule has 0 unspecified atom stereocenters. The Balaban J connectivity index is -0.0000000802. The van der Waals surface area contributed by atoms with Crippen molar-refractivity contribution in [3.63, 3.8) is 0 Å². The number of hydrogen-bond donors (Lipinski definition) is 0. The molecule has 4 radical (unpaired) electrons. The van der Waals surface area contributed by atoms with Crippen molar-refractivity contribution in [1.29, 1.82) is 0 Å². The molecule has 0 fully saturated rings. The van der Waals surface area contributed by atoms with Gasteiger partial charge < -0.3 is 39.7 Å². The van der Waals surface area contributed by atoms with Gasteiger partial charge in [-0.15, -0.1) is 36.1 Å². The van der Waals surface area contributed by atoms with Gasteiger partial charge in [-0.1, -0.05) is 32.3 Å². The molecule has 0 spiro atoms. The van der Waals surface area contributed by atoms with Gasteiger partial charge in [-0.25, -0.2) is 6.08 Å². The van der Waals surface area contributed by atoms with Crippen molar-refractivity contribution in [2.75, 3.05) is 0 Å². The predicted molar refractivity (Wildman–Crippen MR) is 98.1 cm³/mol. The fraction of sp³-hybridized carbons (Fsp3) is 0.250. The third-order valence-electron chi connectivity index (χ3n) is 3.11. The number of allylic oxidation sites excluding steroid dienone is 4. The largest absolute Gasteiger partial charge is 2.00 e. The average molecular weight is 457 g/mol. The molecule has 132 valence electrons. The number of rotatable bonds is 0. The Morgan fingerprint density at radius 2 is 1.58 bits per heavy atom. The molecular formula is C20H26Cl2SiZr-4. The van der Waals surface area contributed by atoms with Crippen LogP contribution >= 0.6 is 0 Å². The zero-order chi connectivity index (χ0) is 13.0. The summed E-state index contributed by atoms with van der Waals surface area (Å²) >= 11 is 0. The monoisotopic (exact) mass is 454 g/mol. The zero-order valence-electron chi connectivity index (χ0n) is 15.2. The minimum atomic E-state index is 0. The molecule has 3 rings (SSSR count). The van der Waals surface area contributed by atoms with Gasteiger partial charge >= 0.3 is 26.2 Å². The minimum Gasteiger partial charge on any atom is -1.00 e. The van der Waals surface area contributed by atoms with E-state index < -0.39 is 0 Å². The van der Waals surface area contributed by atoms with Crippen molar-refractivity contribution in [2.45, 2.75) is 27.2 Å². The van der Waals surface area contributed by atoms with Crippen LogP contribution in [0.3, 0.4) is 0 Å². The fourth-order valence-corrected chi connectivity index (χ4v) is 1.99. The number of hydrogen-bond acceptors (Lipinski definition) is 0. The molecule has 0 aliphatic heterocycles. The smallest absolute Gasteiger partial charge is 1.00 e. The summed E-state index contributed by atoms with van der Waals surface area (Å²) in [7, 11) is 0. The summed E-state index contributed by atoms with van der Waals surface area (Å²) in [6.07, 6.45) is 8.50. The molecule has 0 saturated carbocycles. The Kier molecular flexibility index (Phi) is 24.1. The second-order valence-corrected chi connectivity index (χ2v) is 5.62. The molecule has 0 heterocycles. The summed E-state index contributed by atoms with van der Waals surface area (Å²) in [4.78, 5) is 0. The normalized spacial score (nSPS) is 10.7. The van der Waals surface area contributed by atoms with Crippen LogP contribution in [-0.2, 0) is 26.2 Å². The van der Waals surface area contributed by atoms with Gasteiger partial charge in [-0.3, -0.25) is 6.08 Å². The summed E-state index contributed by atoms with van der Waals surface area (Å²) in [6, 6.07) is 14.7. The summed E-state index contributed by atoms with van der Waals surface area (Å²) in [5, 5.41) is 2.66. The molecule has 1 aliphatic carbocycles. The first-order valence-electron chi connectivity index (χ1n) is 6.45. The van der Waals surface area contributed by atoms with Crippen molar-refractivity contribution in [3.05, 3.63) is 81.1 Å². The number of benzene rings is 1. The van der Waals surface area contributed by atoms with Crippen molar-refractivity contribution in [1.82, 2.24) is 0 Å². The first-order chi connectivity index (χ1) is 8.57. The Hall–Kier alpha value is -0.0100. The van der Waals surface area contributed by atoms with Crippen LogP contribution in [0.2, 0.25) is 0 Å². The van der Waals surface area contributed by atoms with Crippen LogP contribution < -0.4 is 24.8 Å². The summed E-state index contributed by atoms with van der Waals surface area (Å²) in [6.45, 7) is 6.67. The average Bonchev–Trinajstić information content (AvgIpc) is 3.00. The number of halogens is 2. The summed E-state index contributed by atoms with van der Waals surface area (Å²) in [5.41, 5.74) is 1.74. The van der Waals surface area contributed by atoms with Crippen LogP contribution in [-0.4, -0.2) is 11.0 Å². The molecule has 0 atom stereocenters. The standard InChI is InChI=1S/C9H7.C9H13.2CH3.2ClH.Si.Zr/c1-2-5-9-7-3-6-8(9)4-1;1-9(2,3)8-6-4-5-7-8;;;;;;/h1-7H;6-7H,4H2,1-3H3;2*1H3;2*1H;;/q4*-1;;;;+2/p-2. The van der Waals surface area contributed by atoms with Crippen LogP contribution in [0.1, 0.15) is 27.2 Å². The van der Waals surface area contributed by atoms with Crippen LogP contribution in [0.5, 0.6) is 0 Å². The second kappa shape index (κ2) is 16.5. The van der Waals surface area contributed by atoms with E-state index in [9.17, 15) is 0 Å². The van der Waals surface area contributed by atoms with Gasteiger partial charge in [0.1, 0.15) is 0 Å². The van der Waals surface area contributed by atoms with E-state index in [2.05, 4.69) is 81.5 Å². The van der Waals surface area contributed by atoms with Gasteiger partial charge in [-0.2, -0.15) is 29.2 Å². The third-order valence-corrected chi connectivity index (χ3v) is 3.11. The van der Waals surface area contributed by atoms with E-state index >= 15 is 0 Å². The van der Waals surface area contributed by atoms with E-state index in [0.29, 0.717) is 5.41 Å². The zero-order valence-corrected chi connectivity index (χ0v) is 20.1. The topological polar surface area (TPSA) is 0 Å². The maximum absolute atomic E-state index is 3.16.